The van der Waals surface area contributed by atoms with E-state index in [0.29, 0.717) is 28.0 Å². The fourth-order valence-electron chi connectivity index (χ4n) is 3.13. The Morgan fingerprint density at radius 2 is 2.00 bits per heavy atom. The molecule has 4 rings (SSSR count). The van der Waals surface area contributed by atoms with Crippen LogP contribution in [0.5, 0.6) is 5.75 Å². The SMILES string of the molecule is CCn1ncc(Cn2cc(NC(=O)c3ccn(COc4ccc(Cl)cc4Cl)n3)cn2)c1C. The molecule has 0 spiro atoms. The molecule has 0 aliphatic heterocycles. The van der Waals surface area contributed by atoms with Crippen molar-refractivity contribution >= 4 is 34.8 Å². The highest BCUT2D eigenvalue weighted by Gasteiger charge is 2.13. The van der Waals surface area contributed by atoms with Crippen molar-refractivity contribution in [1.82, 2.24) is 29.3 Å². The molecule has 3 heterocycles. The average Bonchev–Trinajstić information content (AvgIpc) is 3.49. The Morgan fingerprint density at radius 1 is 1.16 bits per heavy atom. The van der Waals surface area contributed by atoms with Crippen LogP contribution in [0.1, 0.15) is 28.7 Å². The smallest absolute Gasteiger partial charge is 0.276 e. The maximum Gasteiger partial charge on any atom is 0.276 e. The molecule has 0 radical (unpaired) electrons. The predicted octanol–water partition coefficient (Wildman–Crippen LogP) is 4.25. The molecule has 166 valence electrons. The van der Waals surface area contributed by atoms with Crippen molar-refractivity contribution in [2.75, 3.05) is 5.32 Å². The molecular formula is C21H21Cl2N7O2. The minimum Gasteiger partial charge on any atom is -0.470 e. The van der Waals surface area contributed by atoms with E-state index in [4.69, 9.17) is 27.9 Å². The summed E-state index contributed by atoms with van der Waals surface area (Å²) in [7, 11) is 0. The summed E-state index contributed by atoms with van der Waals surface area (Å²) >= 11 is 12.0. The highest BCUT2D eigenvalue weighted by molar-refractivity contribution is 6.35. The number of amides is 1. The maximum absolute atomic E-state index is 12.5. The molecule has 0 bridgehead atoms. The minimum atomic E-state index is -0.345. The van der Waals surface area contributed by atoms with Gasteiger partial charge in [0.2, 0.25) is 0 Å². The third-order valence-corrected chi connectivity index (χ3v) is 5.38. The molecule has 0 aliphatic carbocycles. The van der Waals surface area contributed by atoms with Crippen LogP contribution >= 0.6 is 23.2 Å². The monoisotopic (exact) mass is 473 g/mol. The molecule has 3 aromatic heterocycles. The number of anilines is 1. The van der Waals surface area contributed by atoms with E-state index in [0.717, 1.165) is 17.8 Å². The van der Waals surface area contributed by atoms with E-state index >= 15 is 0 Å². The first-order valence-corrected chi connectivity index (χ1v) is 10.6. The fourth-order valence-corrected chi connectivity index (χ4v) is 3.59. The van der Waals surface area contributed by atoms with Gasteiger partial charge in [0.05, 0.1) is 29.6 Å². The van der Waals surface area contributed by atoms with Gasteiger partial charge in [-0.05, 0) is 38.1 Å². The average molecular weight is 474 g/mol. The lowest BCUT2D eigenvalue weighted by Gasteiger charge is -2.08. The number of aromatic nitrogens is 6. The van der Waals surface area contributed by atoms with Crippen LogP contribution < -0.4 is 10.1 Å². The molecule has 0 saturated heterocycles. The van der Waals surface area contributed by atoms with Gasteiger partial charge in [-0.2, -0.15) is 15.3 Å². The van der Waals surface area contributed by atoms with Crippen molar-refractivity contribution in [1.29, 1.82) is 0 Å². The lowest BCUT2D eigenvalue weighted by atomic mass is 10.2. The van der Waals surface area contributed by atoms with E-state index in [1.54, 1.807) is 47.5 Å². The summed E-state index contributed by atoms with van der Waals surface area (Å²) in [4.78, 5) is 12.5. The summed E-state index contributed by atoms with van der Waals surface area (Å²) in [6, 6.07) is 6.56. The van der Waals surface area contributed by atoms with E-state index in [1.807, 2.05) is 24.7 Å². The van der Waals surface area contributed by atoms with Crippen LogP contribution in [-0.4, -0.2) is 35.2 Å². The summed E-state index contributed by atoms with van der Waals surface area (Å²) in [5.41, 5.74) is 3.01. The zero-order valence-electron chi connectivity index (χ0n) is 17.5. The van der Waals surface area contributed by atoms with E-state index in [1.165, 1.54) is 4.68 Å². The number of benzene rings is 1. The molecule has 0 atom stereocenters. The number of carbonyl (C=O) groups excluding carboxylic acids is 1. The van der Waals surface area contributed by atoms with E-state index in [2.05, 4.69) is 20.6 Å². The topological polar surface area (TPSA) is 91.8 Å². The Balaban J connectivity index is 1.34. The van der Waals surface area contributed by atoms with Gasteiger partial charge in [-0.3, -0.25) is 14.2 Å². The molecule has 1 amide bonds. The number of halogens is 2. The first-order valence-electron chi connectivity index (χ1n) is 9.89. The lowest BCUT2D eigenvalue weighted by Crippen LogP contribution is -2.14. The van der Waals surface area contributed by atoms with Gasteiger partial charge in [-0.1, -0.05) is 23.2 Å². The van der Waals surface area contributed by atoms with Crippen LogP contribution in [0.4, 0.5) is 5.69 Å². The molecule has 0 saturated carbocycles. The van der Waals surface area contributed by atoms with Crippen LogP contribution in [0.25, 0.3) is 0 Å². The largest absolute Gasteiger partial charge is 0.470 e. The van der Waals surface area contributed by atoms with Crippen LogP contribution in [0.3, 0.4) is 0 Å². The second-order valence-corrected chi connectivity index (χ2v) is 7.88. The van der Waals surface area contributed by atoms with Crippen LogP contribution in [0.2, 0.25) is 10.0 Å². The Kier molecular flexibility index (Phi) is 6.48. The molecule has 11 heteroatoms. The molecule has 0 aliphatic rings. The second-order valence-electron chi connectivity index (χ2n) is 7.04. The first kappa shape index (κ1) is 21.9. The molecule has 9 nitrogen and oxygen atoms in total. The highest BCUT2D eigenvalue weighted by Crippen LogP contribution is 2.27. The zero-order chi connectivity index (χ0) is 22.7. The van der Waals surface area contributed by atoms with Crippen molar-refractivity contribution < 1.29 is 9.53 Å². The quantitative estimate of drug-likeness (QED) is 0.412. The van der Waals surface area contributed by atoms with Crippen molar-refractivity contribution in [3.63, 3.8) is 0 Å². The Bertz CT molecular complexity index is 1240. The lowest BCUT2D eigenvalue weighted by molar-refractivity contribution is 0.102. The van der Waals surface area contributed by atoms with E-state index in [-0.39, 0.29) is 18.3 Å². The van der Waals surface area contributed by atoms with Crippen LogP contribution in [-0.2, 0) is 19.8 Å². The normalized spacial score (nSPS) is 11.0. The van der Waals surface area contributed by atoms with Gasteiger partial charge in [0.25, 0.3) is 5.91 Å². The highest BCUT2D eigenvalue weighted by atomic mass is 35.5. The second kappa shape index (κ2) is 9.46. The summed E-state index contributed by atoms with van der Waals surface area (Å²) in [6.45, 7) is 5.56. The number of carbonyl (C=O) groups is 1. The molecule has 0 fully saturated rings. The van der Waals surface area contributed by atoms with Crippen molar-refractivity contribution in [3.8, 4) is 5.75 Å². The van der Waals surface area contributed by atoms with Gasteiger partial charge in [0.1, 0.15) is 5.75 Å². The summed E-state index contributed by atoms with van der Waals surface area (Å²) in [6.07, 6.45) is 6.85. The van der Waals surface area contributed by atoms with E-state index < -0.39 is 0 Å². The molecule has 4 aromatic rings. The molecular weight excluding hydrogens is 453 g/mol. The Labute approximate surface area is 194 Å². The van der Waals surface area contributed by atoms with Crippen LogP contribution in [0.15, 0.2) is 49.1 Å². The molecule has 1 N–H and O–H groups in total. The van der Waals surface area contributed by atoms with Gasteiger partial charge in [0.15, 0.2) is 12.4 Å². The summed E-state index contributed by atoms with van der Waals surface area (Å²) < 4.78 is 10.8. The summed E-state index contributed by atoms with van der Waals surface area (Å²) in [5.74, 6) is 0.132. The predicted molar refractivity (Wildman–Crippen MR) is 121 cm³/mol. The number of rotatable bonds is 8. The number of hydrogen-bond acceptors (Lipinski definition) is 5. The number of ether oxygens (including phenoxy) is 1. The third kappa shape index (κ3) is 4.95. The fraction of sp³-hybridized carbons (Fsp3) is 0.238. The van der Waals surface area contributed by atoms with Gasteiger partial charge in [0, 0.05) is 35.2 Å². The van der Waals surface area contributed by atoms with Crippen molar-refractivity contribution in [2.24, 2.45) is 0 Å². The van der Waals surface area contributed by atoms with Crippen molar-refractivity contribution in [3.05, 3.63) is 76.0 Å². The number of nitrogens with one attached hydrogen (secondary N) is 1. The summed E-state index contributed by atoms with van der Waals surface area (Å²) in [5, 5.41) is 16.6. The standard InChI is InChI=1S/C21H21Cl2N7O2/c1-3-30-14(2)15(9-25-30)11-29-12-17(10-24-29)26-21(31)19-6-7-28(27-19)13-32-20-5-4-16(22)8-18(20)23/h4-10,12H,3,11,13H2,1-2H3,(H,26,31). The van der Waals surface area contributed by atoms with Gasteiger partial charge in [-0.15, -0.1) is 0 Å². The van der Waals surface area contributed by atoms with Gasteiger partial charge >= 0.3 is 0 Å². The molecule has 32 heavy (non-hydrogen) atoms. The number of aryl methyl sites for hydroxylation is 1. The Hall–Kier alpha value is -3.30. The van der Waals surface area contributed by atoms with Crippen LogP contribution in [0, 0.1) is 6.92 Å². The zero-order valence-corrected chi connectivity index (χ0v) is 19.0. The molecule has 1 aromatic carbocycles. The van der Waals surface area contributed by atoms with Crippen molar-refractivity contribution in [2.45, 2.75) is 33.7 Å². The third-order valence-electron chi connectivity index (χ3n) is 4.85. The molecule has 0 unspecified atom stereocenters. The van der Waals surface area contributed by atoms with E-state index in [9.17, 15) is 4.79 Å². The maximum atomic E-state index is 12.5. The Morgan fingerprint density at radius 3 is 2.75 bits per heavy atom. The number of nitrogens with zero attached hydrogens (tertiary/aromatic N) is 6. The first-order chi connectivity index (χ1) is 15.4. The van der Waals surface area contributed by atoms with Gasteiger partial charge < -0.3 is 10.1 Å². The number of hydrogen-bond donors (Lipinski definition) is 1. The minimum absolute atomic E-state index is 0.0946. The van der Waals surface area contributed by atoms with Gasteiger partial charge in [-0.25, -0.2) is 4.68 Å².